The number of likely N-dealkylation sites (N-methyl/N-ethyl adjacent to an activating group) is 1. The van der Waals surface area contributed by atoms with E-state index in [1.54, 1.807) is 0 Å². The first-order valence-corrected chi connectivity index (χ1v) is 5.18. The SMILES string of the molecule is C=CCC1(CO)CCCN1C.CC. The molecule has 1 aliphatic rings. The molecule has 1 N–H and O–H groups in total. The third-order valence-corrected chi connectivity index (χ3v) is 2.76. The van der Waals surface area contributed by atoms with Gasteiger partial charge in [-0.25, -0.2) is 0 Å². The molecule has 1 saturated heterocycles. The summed E-state index contributed by atoms with van der Waals surface area (Å²) in [6.45, 7) is 9.08. The predicted molar refractivity (Wildman–Crippen MR) is 57.8 cm³/mol. The molecule has 13 heavy (non-hydrogen) atoms. The van der Waals surface area contributed by atoms with E-state index >= 15 is 0 Å². The Hall–Kier alpha value is -0.340. The third kappa shape index (κ3) is 2.82. The molecule has 1 unspecified atom stereocenters. The van der Waals surface area contributed by atoms with Crippen molar-refractivity contribution in [3.05, 3.63) is 12.7 Å². The second kappa shape index (κ2) is 6.17. The zero-order chi connectivity index (χ0) is 10.3. The lowest BCUT2D eigenvalue weighted by atomic mass is 9.93. The van der Waals surface area contributed by atoms with Gasteiger partial charge in [-0.2, -0.15) is 0 Å². The molecular formula is C11H23NO. The first-order valence-electron chi connectivity index (χ1n) is 5.18. The van der Waals surface area contributed by atoms with E-state index in [-0.39, 0.29) is 12.1 Å². The van der Waals surface area contributed by atoms with Crippen LogP contribution in [0, 0.1) is 0 Å². The van der Waals surface area contributed by atoms with Gasteiger partial charge in [-0.15, -0.1) is 6.58 Å². The average molecular weight is 185 g/mol. The number of nitrogens with zero attached hydrogens (tertiary/aromatic N) is 1. The number of aliphatic hydroxyl groups excluding tert-OH is 1. The summed E-state index contributed by atoms with van der Waals surface area (Å²) in [6.07, 6.45) is 5.11. The molecule has 0 aliphatic carbocycles. The molecule has 0 aromatic carbocycles. The van der Waals surface area contributed by atoms with Gasteiger partial charge in [-0.05, 0) is 32.9 Å². The van der Waals surface area contributed by atoms with Crippen LogP contribution in [0.15, 0.2) is 12.7 Å². The van der Waals surface area contributed by atoms with Crippen LogP contribution in [0.1, 0.15) is 33.1 Å². The maximum absolute atomic E-state index is 9.23. The molecule has 1 aliphatic heterocycles. The largest absolute Gasteiger partial charge is 0.394 e. The van der Waals surface area contributed by atoms with E-state index in [0.717, 1.165) is 19.4 Å². The van der Waals surface area contributed by atoms with Gasteiger partial charge in [0.05, 0.1) is 6.61 Å². The Morgan fingerprint density at radius 2 is 2.15 bits per heavy atom. The van der Waals surface area contributed by atoms with Gasteiger partial charge in [0.15, 0.2) is 0 Å². The fraction of sp³-hybridized carbons (Fsp3) is 0.818. The molecule has 1 atom stereocenters. The zero-order valence-electron chi connectivity index (χ0n) is 9.21. The highest BCUT2D eigenvalue weighted by molar-refractivity contribution is 4.98. The van der Waals surface area contributed by atoms with Crippen molar-refractivity contribution >= 4 is 0 Å². The molecule has 1 heterocycles. The highest BCUT2D eigenvalue weighted by Gasteiger charge is 2.36. The Kier molecular flexibility index (Phi) is 6.00. The van der Waals surface area contributed by atoms with Crippen molar-refractivity contribution in [2.75, 3.05) is 20.2 Å². The Balaban J connectivity index is 0.000000671. The normalized spacial score (nSPS) is 28.0. The summed E-state index contributed by atoms with van der Waals surface area (Å²) >= 11 is 0. The molecule has 2 heteroatoms. The van der Waals surface area contributed by atoms with Crippen LogP contribution in [0.2, 0.25) is 0 Å². The number of hydrogen-bond acceptors (Lipinski definition) is 2. The summed E-state index contributed by atoms with van der Waals surface area (Å²) in [6, 6.07) is 0. The summed E-state index contributed by atoms with van der Waals surface area (Å²) in [7, 11) is 2.08. The van der Waals surface area contributed by atoms with E-state index in [1.807, 2.05) is 19.9 Å². The van der Waals surface area contributed by atoms with Crippen LogP contribution in [0.3, 0.4) is 0 Å². The molecular weight excluding hydrogens is 162 g/mol. The van der Waals surface area contributed by atoms with Gasteiger partial charge in [0.25, 0.3) is 0 Å². The van der Waals surface area contributed by atoms with E-state index in [0.29, 0.717) is 0 Å². The Morgan fingerprint density at radius 1 is 1.54 bits per heavy atom. The van der Waals surface area contributed by atoms with Crippen LogP contribution < -0.4 is 0 Å². The maximum Gasteiger partial charge on any atom is 0.0618 e. The van der Waals surface area contributed by atoms with Gasteiger partial charge < -0.3 is 5.11 Å². The average Bonchev–Trinajstić information content (AvgIpc) is 2.53. The van der Waals surface area contributed by atoms with Gasteiger partial charge in [-0.1, -0.05) is 19.9 Å². The summed E-state index contributed by atoms with van der Waals surface area (Å²) in [5.41, 5.74) is 0.0156. The van der Waals surface area contributed by atoms with Crippen LogP contribution in [0.5, 0.6) is 0 Å². The van der Waals surface area contributed by atoms with Crippen LogP contribution in [-0.4, -0.2) is 35.7 Å². The van der Waals surface area contributed by atoms with Crippen molar-refractivity contribution in [2.24, 2.45) is 0 Å². The Bertz CT molecular complexity index is 147. The van der Waals surface area contributed by atoms with Crippen molar-refractivity contribution in [1.82, 2.24) is 4.90 Å². The highest BCUT2D eigenvalue weighted by atomic mass is 16.3. The molecule has 0 amide bonds. The van der Waals surface area contributed by atoms with E-state index in [1.165, 1.54) is 6.42 Å². The third-order valence-electron chi connectivity index (χ3n) is 2.76. The van der Waals surface area contributed by atoms with Gasteiger partial charge in [0.1, 0.15) is 0 Å². The predicted octanol–water partition coefficient (Wildman–Crippen LogP) is 2.05. The quantitative estimate of drug-likeness (QED) is 0.680. The Labute approximate surface area is 82.3 Å². The van der Waals surface area contributed by atoms with Gasteiger partial charge in [-0.3, -0.25) is 4.90 Å². The lowest BCUT2D eigenvalue weighted by molar-refractivity contribution is 0.0864. The lowest BCUT2D eigenvalue weighted by Crippen LogP contribution is -2.44. The summed E-state index contributed by atoms with van der Waals surface area (Å²) in [4.78, 5) is 2.24. The van der Waals surface area contributed by atoms with Gasteiger partial charge in [0, 0.05) is 5.54 Å². The van der Waals surface area contributed by atoms with E-state index in [2.05, 4.69) is 18.5 Å². The second-order valence-corrected chi connectivity index (χ2v) is 3.40. The smallest absolute Gasteiger partial charge is 0.0618 e. The van der Waals surface area contributed by atoms with Crippen LogP contribution >= 0.6 is 0 Å². The van der Waals surface area contributed by atoms with Crippen molar-refractivity contribution in [2.45, 2.75) is 38.6 Å². The molecule has 0 bridgehead atoms. The van der Waals surface area contributed by atoms with Crippen LogP contribution in [-0.2, 0) is 0 Å². The monoisotopic (exact) mass is 185 g/mol. The minimum Gasteiger partial charge on any atom is -0.394 e. The first-order chi connectivity index (χ1) is 6.25. The fourth-order valence-corrected chi connectivity index (χ4v) is 1.86. The van der Waals surface area contributed by atoms with Crippen molar-refractivity contribution in [3.63, 3.8) is 0 Å². The van der Waals surface area contributed by atoms with E-state index < -0.39 is 0 Å². The zero-order valence-corrected chi connectivity index (χ0v) is 9.21. The van der Waals surface area contributed by atoms with Crippen LogP contribution in [0.25, 0.3) is 0 Å². The summed E-state index contributed by atoms with van der Waals surface area (Å²) in [5, 5.41) is 9.23. The van der Waals surface area contributed by atoms with Crippen molar-refractivity contribution in [3.8, 4) is 0 Å². The number of hydrogen-bond donors (Lipinski definition) is 1. The maximum atomic E-state index is 9.23. The lowest BCUT2D eigenvalue weighted by Gasteiger charge is -2.33. The summed E-state index contributed by atoms with van der Waals surface area (Å²) < 4.78 is 0. The highest BCUT2D eigenvalue weighted by Crippen LogP contribution is 2.30. The molecule has 0 saturated carbocycles. The Morgan fingerprint density at radius 3 is 2.46 bits per heavy atom. The van der Waals surface area contributed by atoms with Gasteiger partial charge >= 0.3 is 0 Å². The minimum atomic E-state index is 0.0156. The first kappa shape index (κ1) is 12.7. The number of aliphatic hydroxyl groups is 1. The van der Waals surface area contributed by atoms with Gasteiger partial charge in [0.2, 0.25) is 0 Å². The van der Waals surface area contributed by atoms with Crippen molar-refractivity contribution < 1.29 is 5.11 Å². The van der Waals surface area contributed by atoms with E-state index in [9.17, 15) is 5.11 Å². The van der Waals surface area contributed by atoms with Crippen LogP contribution in [0.4, 0.5) is 0 Å². The summed E-state index contributed by atoms with van der Waals surface area (Å²) in [5.74, 6) is 0. The second-order valence-electron chi connectivity index (χ2n) is 3.40. The number of rotatable bonds is 3. The number of likely N-dealkylation sites (tertiary alicyclic amines) is 1. The van der Waals surface area contributed by atoms with E-state index in [4.69, 9.17) is 0 Å². The standard InChI is InChI=1S/C9H17NO.C2H6/c1-3-5-9(8-11)6-4-7-10(9)2;1-2/h3,11H,1,4-8H2,2H3;1-2H3. The molecule has 0 spiro atoms. The molecule has 2 nitrogen and oxygen atoms in total. The molecule has 1 fully saturated rings. The molecule has 0 aromatic heterocycles. The fourth-order valence-electron chi connectivity index (χ4n) is 1.86. The molecule has 1 rings (SSSR count). The topological polar surface area (TPSA) is 23.5 Å². The minimum absolute atomic E-state index is 0.0156. The molecule has 0 radical (unpaired) electrons. The van der Waals surface area contributed by atoms with Crippen molar-refractivity contribution in [1.29, 1.82) is 0 Å². The molecule has 78 valence electrons. The molecule has 0 aromatic rings.